The second-order valence-electron chi connectivity index (χ2n) is 5.40. The van der Waals surface area contributed by atoms with Crippen LogP contribution in [-0.2, 0) is 6.42 Å². The number of rotatable bonds is 6. The molecule has 1 aromatic carbocycles. The third kappa shape index (κ3) is 4.38. The lowest BCUT2D eigenvalue weighted by Gasteiger charge is -2.10. The summed E-state index contributed by atoms with van der Waals surface area (Å²) < 4.78 is 0. The van der Waals surface area contributed by atoms with E-state index >= 15 is 0 Å². The summed E-state index contributed by atoms with van der Waals surface area (Å²) in [5, 5.41) is 7.98. The molecule has 3 N–H and O–H groups in total. The van der Waals surface area contributed by atoms with Crippen LogP contribution in [-0.4, -0.2) is 31.1 Å². The van der Waals surface area contributed by atoms with Crippen LogP contribution in [0.15, 0.2) is 41.5 Å². The Morgan fingerprint density at radius 2 is 2.09 bits per heavy atom. The molecule has 0 aliphatic rings. The highest BCUT2D eigenvalue weighted by Gasteiger charge is 2.04. The number of aryl methyl sites for hydroxylation is 1. The van der Waals surface area contributed by atoms with E-state index in [0.29, 0.717) is 0 Å². The number of H-pyrrole nitrogens is 1. The molecule has 4 heteroatoms. The van der Waals surface area contributed by atoms with Crippen LogP contribution in [0, 0.1) is 6.92 Å². The lowest BCUT2D eigenvalue weighted by atomic mass is 10.1. The summed E-state index contributed by atoms with van der Waals surface area (Å²) in [5.74, 6) is 0.861. The number of hydrogen-bond acceptors (Lipinski definition) is 1. The van der Waals surface area contributed by atoms with Gasteiger partial charge in [-0.15, -0.1) is 0 Å². The van der Waals surface area contributed by atoms with E-state index < -0.39 is 0 Å². The van der Waals surface area contributed by atoms with Gasteiger partial charge in [0.25, 0.3) is 0 Å². The summed E-state index contributed by atoms with van der Waals surface area (Å²) in [6.07, 6.45) is 8.30. The van der Waals surface area contributed by atoms with Crippen molar-refractivity contribution >= 4 is 16.9 Å². The molecule has 0 bridgehead atoms. The summed E-state index contributed by atoms with van der Waals surface area (Å²) >= 11 is 0. The highest BCUT2D eigenvalue weighted by Crippen LogP contribution is 2.19. The minimum absolute atomic E-state index is 0.861. The molecule has 1 aromatic heterocycles. The van der Waals surface area contributed by atoms with Crippen molar-refractivity contribution in [1.82, 2.24) is 15.6 Å². The van der Waals surface area contributed by atoms with E-state index in [9.17, 15) is 0 Å². The van der Waals surface area contributed by atoms with Gasteiger partial charge in [0.1, 0.15) is 0 Å². The molecule has 22 heavy (non-hydrogen) atoms. The number of nitrogens with one attached hydrogen (secondary N) is 3. The van der Waals surface area contributed by atoms with E-state index in [1.807, 2.05) is 6.92 Å². The predicted molar refractivity (Wildman–Crippen MR) is 95.5 cm³/mol. The van der Waals surface area contributed by atoms with Gasteiger partial charge in [0.15, 0.2) is 5.96 Å². The van der Waals surface area contributed by atoms with E-state index in [4.69, 9.17) is 0 Å². The second kappa shape index (κ2) is 8.27. The Morgan fingerprint density at radius 1 is 1.27 bits per heavy atom. The van der Waals surface area contributed by atoms with Gasteiger partial charge in [-0.05, 0) is 43.9 Å². The molecule has 0 aliphatic carbocycles. The smallest absolute Gasteiger partial charge is 0.190 e. The van der Waals surface area contributed by atoms with Crippen LogP contribution in [0.5, 0.6) is 0 Å². The maximum absolute atomic E-state index is 4.24. The van der Waals surface area contributed by atoms with Crippen LogP contribution in [0.1, 0.15) is 24.5 Å². The zero-order valence-corrected chi connectivity index (χ0v) is 13.7. The fourth-order valence-corrected chi connectivity index (χ4v) is 2.48. The van der Waals surface area contributed by atoms with Gasteiger partial charge in [-0.3, -0.25) is 4.99 Å². The lowest BCUT2D eigenvalue weighted by Crippen LogP contribution is -2.38. The first-order chi connectivity index (χ1) is 10.7. The fraction of sp³-hybridized carbons (Fsp3) is 0.389. The minimum Gasteiger partial charge on any atom is -0.361 e. The number of hydrogen-bond donors (Lipinski definition) is 3. The molecule has 0 unspecified atom stereocenters. The van der Waals surface area contributed by atoms with Gasteiger partial charge in [0.2, 0.25) is 0 Å². The zero-order chi connectivity index (χ0) is 15.8. The van der Waals surface area contributed by atoms with Crippen molar-refractivity contribution in [1.29, 1.82) is 0 Å². The summed E-state index contributed by atoms with van der Waals surface area (Å²) in [5.41, 5.74) is 3.83. The molecule has 0 saturated heterocycles. The monoisotopic (exact) mass is 298 g/mol. The predicted octanol–water partition coefficient (Wildman–Crippen LogP) is 3.15. The van der Waals surface area contributed by atoms with Gasteiger partial charge in [-0.25, -0.2) is 0 Å². The molecule has 0 spiro atoms. The normalized spacial score (nSPS) is 12.2. The van der Waals surface area contributed by atoms with E-state index in [1.54, 1.807) is 7.05 Å². The summed E-state index contributed by atoms with van der Waals surface area (Å²) in [7, 11) is 1.81. The molecule has 0 radical (unpaired) electrons. The molecule has 2 rings (SSSR count). The van der Waals surface area contributed by atoms with Crippen molar-refractivity contribution < 1.29 is 0 Å². The standard InChI is InChI=1S/C18H26N4/c1-4-5-6-10-20-18(19-3)21-11-9-15-13-22-17-12-14(2)7-8-16(15)17/h4-5,7-8,12-13,22H,6,9-11H2,1-3H3,(H2,19,20,21). The fourth-order valence-electron chi connectivity index (χ4n) is 2.48. The minimum atomic E-state index is 0.861. The SMILES string of the molecule is CC=CCCNC(=NC)NCCc1c[nH]c2cc(C)ccc12. The summed E-state index contributed by atoms with van der Waals surface area (Å²) in [6, 6.07) is 6.55. The largest absolute Gasteiger partial charge is 0.361 e. The van der Waals surface area contributed by atoms with Crippen molar-refractivity contribution in [3.63, 3.8) is 0 Å². The highest BCUT2D eigenvalue weighted by atomic mass is 15.2. The number of allylic oxidation sites excluding steroid dienone is 1. The molecule has 0 atom stereocenters. The molecule has 118 valence electrons. The van der Waals surface area contributed by atoms with Crippen molar-refractivity contribution in [2.24, 2.45) is 4.99 Å². The topological polar surface area (TPSA) is 52.2 Å². The first-order valence-corrected chi connectivity index (χ1v) is 7.87. The van der Waals surface area contributed by atoms with Gasteiger partial charge in [0.05, 0.1) is 0 Å². The van der Waals surface area contributed by atoms with Crippen molar-refractivity contribution in [2.45, 2.75) is 26.7 Å². The molecular weight excluding hydrogens is 272 g/mol. The highest BCUT2D eigenvalue weighted by molar-refractivity contribution is 5.84. The average molecular weight is 298 g/mol. The van der Waals surface area contributed by atoms with Gasteiger partial charge in [-0.1, -0.05) is 24.3 Å². The molecular formula is C18H26N4. The van der Waals surface area contributed by atoms with Crippen LogP contribution in [0.25, 0.3) is 10.9 Å². The quantitative estimate of drug-likeness (QED) is 0.332. The molecule has 0 saturated carbocycles. The van der Waals surface area contributed by atoms with E-state index in [1.165, 1.54) is 22.0 Å². The Morgan fingerprint density at radius 3 is 2.86 bits per heavy atom. The lowest BCUT2D eigenvalue weighted by molar-refractivity contribution is 0.793. The number of nitrogens with zero attached hydrogens (tertiary/aromatic N) is 1. The van der Waals surface area contributed by atoms with Gasteiger partial charge < -0.3 is 15.6 Å². The summed E-state index contributed by atoms with van der Waals surface area (Å²) in [4.78, 5) is 7.59. The second-order valence-corrected chi connectivity index (χ2v) is 5.40. The van der Waals surface area contributed by atoms with E-state index in [-0.39, 0.29) is 0 Å². The first-order valence-electron chi connectivity index (χ1n) is 7.87. The van der Waals surface area contributed by atoms with Crippen LogP contribution in [0.4, 0.5) is 0 Å². The molecule has 0 amide bonds. The third-order valence-corrected chi connectivity index (χ3v) is 3.67. The van der Waals surface area contributed by atoms with Crippen LogP contribution in [0.2, 0.25) is 0 Å². The molecule has 4 nitrogen and oxygen atoms in total. The number of aromatic nitrogens is 1. The zero-order valence-electron chi connectivity index (χ0n) is 13.7. The first kappa shape index (κ1) is 16.1. The van der Waals surface area contributed by atoms with E-state index in [0.717, 1.165) is 31.9 Å². The Bertz CT molecular complexity index is 652. The Kier molecular flexibility index (Phi) is 6.07. The number of aromatic amines is 1. The molecule has 0 aliphatic heterocycles. The van der Waals surface area contributed by atoms with Crippen molar-refractivity contribution in [3.05, 3.63) is 47.7 Å². The Labute approximate surface area is 132 Å². The van der Waals surface area contributed by atoms with Crippen molar-refractivity contribution in [3.8, 4) is 0 Å². The van der Waals surface area contributed by atoms with Gasteiger partial charge in [0, 0.05) is 37.2 Å². The van der Waals surface area contributed by atoms with Gasteiger partial charge >= 0.3 is 0 Å². The maximum Gasteiger partial charge on any atom is 0.190 e. The number of fused-ring (bicyclic) bond motifs is 1. The summed E-state index contributed by atoms with van der Waals surface area (Å²) in [6.45, 7) is 5.92. The number of benzene rings is 1. The number of guanidine groups is 1. The van der Waals surface area contributed by atoms with Crippen LogP contribution >= 0.6 is 0 Å². The number of aliphatic imine (C=N–C) groups is 1. The van der Waals surface area contributed by atoms with E-state index in [2.05, 4.69) is 64.1 Å². The average Bonchev–Trinajstić information content (AvgIpc) is 2.92. The van der Waals surface area contributed by atoms with Crippen LogP contribution in [0.3, 0.4) is 0 Å². The van der Waals surface area contributed by atoms with Crippen LogP contribution < -0.4 is 10.6 Å². The maximum atomic E-state index is 4.24. The Hall–Kier alpha value is -2.23. The Balaban J connectivity index is 1.84. The van der Waals surface area contributed by atoms with Gasteiger partial charge in [-0.2, -0.15) is 0 Å². The molecule has 1 heterocycles. The molecule has 0 fully saturated rings. The molecule has 2 aromatic rings. The van der Waals surface area contributed by atoms with Crippen molar-refractivity contribution in [2.75, 3.05) is 20.1 Å². The third-order valence-electron chi connectivity index (χ3n) is 3.67.